The van der Waals surface area contributed by atoms with Crippen molar-refractivity contribution in [3.63, 3.8) is 0 Å². The molecule has 9 nitrogen and oxygen atoms in total. The molecule has 1 fully saturated rings. The molecule has 0 spiro atoms. The first-order valence-corrected chi connectivity index (χ1v) is 10.3. The molecule has 9 heteroatoms. The zero-order chi connectivity index (χ0) is 22.0. The molecule has 3 N–H and O–H groups in total. The fraction of sp³-hybridized carbons (Fsp3) is 0.571. The first-order valence-electron chi connectivity index (χ1n) is 10.3. The van der Waals surface area contributed by atoms with Crippen LogP contribution in [0.1, 0.15) is 31.4 Å². The van der Waals surface area contributed by atoms with E-state index < -0.39 is 30.2 Å². The highest BCUT2D eigenvalue weighted by Crippen LogP contribution is 2.24. The monoisotopic (exact) mass is 417 g/mol. The number of β-amino-alcohol motifs (C(OH)–C–C–N with tert-alkyl or cyclic N) is 1. The van der Waals surface area contributed by atoms with Crippen LogP contribution < -0.4 is 15.4 Å². The normalized spacial score (nSPS) is 22.9. The summed E-state index contributed by atoms with van der Waals surface area (Å²) >= 11 is 0. The minimum Gasteiger partial charge on any atom is -0.491 e. The topological polar surface area (TPSA) is 106 Å². The molecule has 3 rings (SSSR count). The van der Waals surface area contributed by atoms with Gasteiger partial charge in [0.05, 0.1) is 6.54 Å². The van der Waals surface area contributed by atoms with Crippen molar-refractivity contribution in [2.45, 2.75) is 58.5 Å². The van der Waals surface area contributed by atoms with Crippen LogP contribution in [0.15, 0.2) is 23.2 Å². The van der Waals surface area contributed by atoms with Gasteiger partial charge in [-0.3, -0.25) is 10.1 Å². The van der Waals surface area contributed by atoms with Gasteiger partial charge in [0.2, 0.25) is 0 Å². The molecule has 1 aromatic rings. The van der Waals surface area contributed by atoms with Gasteiger partial charge in [-0.2, -0.15) is 0 Å². The number of likely N-dealkylation sites (N-methyl/N-ethyl adjacent to an activating group) is 1. The van der Waals surface area contributed by atoms with Crippen molar-refractivity contribution in [3.8, 4) is 5.75 Å². The van der Waals surface area contributed by atoms with Gasteiger partial charge in [-0.15, -0.1) is 0 Å². The highest BCUT2D eigenvalue weighted by atomic mass is 16.5. The Morgan fingerprint density at radius 3 is 2.70 bits per heavy atom. The van der Waals surface area contributed by atoms with E-state index in [0.717, 1.165) is 12.0 Å². The third-order valence-electron chi connectivity index (χ3n) is 5.68. The Labute approximate surface area is 177 Å². The maximum atomic E-state index is 12.6. The van der Waals surface area contributed by atoms with Gasteiger partial charge in [0, 0.05) is 13.1 Å². The van der Waals surface area contributed by atoms with E-state index in [1.807, 2.05) is 45.9 Å². The number of nitrogens with zero attached hydrogens (tertiary/aromatic N) is 3. The first-order chi connectivity index (χ1) is 14.2. The summed E-state index contributed by atoms with van der Waals surface area (Å²) < 4.78 is 5.75. The Bertz CT molecular complexity index is 843. The predicted molar refractivity (Wildman–Crippen MR) is 113 cm³/mol. The summed E-state index contributed by atoms with van der Waals surface area (Å²) in [4.78, 5) is 32.3. The predicted octanol–water partition coefficient (Wildman–Crippen LogP) is 0.979. The average Bonchev–Trinajstić information content (AvgIpc) is 3.05. The van der Waals surface area contributed by atoms with Crippen LogP contribution >= 0.6 is 0 Å². The van der Waals surface area contributed by atoms with Gasteiger partial charge in [0.1, 0.15) is 18.5 Å². The van der Waals surface area contributed by atoms with E-state index in [4.69, 9.17) is 4.74 Å². The fourth-order valence-electron chi connectivity index (χ4n) is 3.44. The van der Waals surface area contributed by atoms with E-state index in [1.165, 1.54) is 10.5 Å². The third kappa shape index (κ3) is 4.51. The number of rotatable bonds is 7. The lowest BCUT2D eigenvalue weighted by Gasteiger charge is -2.37. The number of ether oxygens (including phenoxy) is 1. The van der Waals surface area contributed by atoms with Crippen molar-refractivity contribution >= 4 is 17.9 Å². The molecule has 2 heterocycles. The number of benzene rings is 1. The Hall–Kier alpha value is -2.81. The van der Waals surface area contributed by atoms with Crippen molar-refractivity contribution in [3.05, 3.63) is 29.3 Å². The molecule has 4 atom stereocenters. The molecule has 2 aliphatic heterocycles. The van der Waals surface area contributed by atoms with Crippen molar-refractivity contribution in [2.24, 2.45) is 4.99 Å². The van der Waals surface area contributed by atoms with Crippen LogP contribution in [-0.2, 0) is 4.79 Å². The van der Waals surface area contributed by atoms with E-state index in [1.54, 1.807) is 11.9 Å². The average molecular weight is 418 g/mol. The van der Waals surface area contributed by atoms with Crippen LogP contribution in [0.2, 0.25) is 0 Å². The van der Waals surface area contributed by atoms with Crippen molar-refractivity contribution in [1.29, 1.82) is 0 Å². The van der Waals surface area contributed by atoms with Gasteiger partial charge in [-0.25, -0.2) is 9.79 Å². The van der Waals surface area contributed by atoms with E-state index in [0.29, 0.717) is 11.7 Å². The zero-order valence-corrected chi connectivity index (χ0v) is 18.2. The van der Waals surface area contributed by atoms with Crippen molar-refractivity contribution < 1.29 is 19.4 Å². The van der Waals surface area contributed by atoms with Crippen LogP contribution in [-0.4, -0.2) is 77.4 Å². The number of carbonyl (C=O) groups excluding carboxylic acids is 2. The number of nitrogens with one attached hydrogen (secondary N) is 2. The highest BCUT2D eigenvalue weighted by Gasteiger charge is 2.49. The third-order valence-corrected chi connectivity index (χ3v) is 5.68. The number of carbonyl (C=O) groups is 2. The summed E-state index contributed by atoms with van der Waals surface area (Å²) in [5.74, 6) is 0.764. The number of fused-ring (bicyclic) bond motifs is 1. The lowest BCUT2D eigenvalue weighted by atomic mass is 10.1. The maximum absolute atomic E-state index is 12.6. The molecular weight excluding hydrogens is 386 g/mol. The smallest absolute Gasteiger partial charge is 0.325 e. The minimum atomic E-state index is -0.856. The molecule has 30 heavy (non-hydrogen) atoms. The molecule has 0 saturated carbocycles. The second-order valence-electron chi connectivity index (χ2n) is 8.03. The summed E-state index contributed by atoms with van der Waals surface area (Å²) in [5.41, 5.74) is 2.29. The molecule has 1 saturated heterocycles. The number of urea groups is 1. The molecule has 0 aliphatic carbocycles. The maximum Gasteiger partial charge on any atom is 0.325 e. The summed E-state index contributed by atoms with van der Waals surface area (Å²) in [5, 5.41) is 16.3. The number of aliphatic hydroxyl groups excluding tert-OH is 1. The summed E-state index contributed by atoms with van der Waals surface area (Å²) in [6, 6.07) is 4.72. The summed E-state index contributed by atoms with van der Waals surface area (Å²) in [6.45, 7) is 8.30. The van der Waals surface area contributed by atoms with Crippen LogP contribution in [0, 0.1) is 13.8 Å². The van der Waals surface area contributed by atoms with Crippen LogP contribution in [0.3, 0.4) is 0 Å². The molecule has 0 bridgehead atoms. The highest BCUT2D eigenvalue weighted by molar-refractivity contribution is 6.03. The minimum absolute atomic E-state index is 0.0728. The number of aryl methyl sites for hydroxylation is 2. The van der Waals surface area contributed by atoms with E-state index in [-0.39, 0.29) is 19.2 Å². The SMILES string of the molecule is CCC(C)NC1=NC2C(C(=O)NC(=O)N2C)N1CC(O)COc1ccc(C)c(C)c1. The molecule has 164 valence electrons. The Balaban J connectivity index is 1.71. The van der Waals surface area contributed by atoms with Gasteiger partial charge in [-0.1, -0.05) is 13.0 Å². The second-order valence-corrected chi connectivity index (χ2v) is 8.03. The second kappa shape index (κ2) is 8.91. The van der Waals surface area contributed by atoms with E-state index >= 15 is 0 Å². The van der Waals surface area contributed by atoms with E-state index in [2.05, 4.69) is 15.6 Å². The number of aliphatic hydroxyl groups is 1. The molecule has 0 radical (unpaired) electrons. The van der Waals surface area contributed by atoms with Gasteiger partial charge >= 0.3 is 6.03 Å². The molecule has 2 aliphatic rings. The number of amides is 3. The van der Waals surface area contributed by atoms with Gasteiger partial charge in [0.15, 0.2) is 18.2 Å². The number of hydrogen-bond acceptors (Lipinski definition) is 7. The first kappa shape index (κ1) is 21.9. The Morgan fingerprint density at radius 2 is 2.03 bits per heavy atom. The standard InChI is InChI=1S/C21H31N5O4/c1-6-14(4)22-20-23-18-17(19(28)24-21(29)25(18)5)26(20)10-15(27)11-30-16-8-7-12(2)13(3)9-16/h7-9,14-15,17-18,27H,6,10-11H2,1-5H3,(H,22,23)(H,24,28,29). The van der Waals surface area contributed by atoms with Crippen molar-refractivity contribution in [1.82, 2.24) is 20.4 Å². The Kier molecular flexibility index (Phi) is 6.50. The number of imide groups is 1. The lowest BCUT2D eigenvalue weighted by Crippen LogP contribution is -2.65. The summed E-state index contributed by atoms with van der Waals surface area (Å²) in [7, 11) is 1.60. The van der Waals surface area contributed by atoms with Gasteiger partial charge in [0.25, 0.3) is 5.91 Å². The Morgan fingerprint density at radius 1 is 1.30 bits per heavy atom. The molecule has 0 aromatic heterocycles. The van der Waals surface area contributed by atoms with Gasteiger partial charge < -0.3 is 25.0 Å². The molecule has 1 aromatic carbocycles. The number of hydrogen-bond donors (Lipinski definition) is 3. The summed E-state index contributed by atoms with van der Waals surface area (Å²) in [6.07, 6.45) is -0.627. The van der Waals surface area contributed by atoms with E-state index in [9.17, 15) is 14.7 Å². The van der Waals surface area contributed by atoms with Gasteiger partial charge in [-0.05, 0) is 50.5 Å². The lowest BCUT2D eigenvalue weighted by molar-refractivity contribution is -0.127. The molecule has 4 unspecified atom stereocenters. The van der Waals surface area contributed by atoms with Crippen LogP contribution in [0.5, 0.6) is 5.75 Å². The fourth-order valence-corrected chi connectivity index (χ4v) is 3.44. The molecule has 3 amide bonds. The zero-order valence-electron chi connectivity index (χ0n) is 18.2. The molecular formula is C21H31N5O4. The van der Waals surface area contributed by atoms with Crippen LogP contribution in [0.25, 0.3) is 0 Å². The number of guanidine groups is 1. The van der Waals surface area contributed by atoms with Crippen LogP contribution in [0.4, 0.5) is 4.79 Å². The largest absolute Gasteiger partial charge is 0.491 e. The quantitative estimate of drug-likeness (QED) is 0.611. The van der Waals surface area contributed by atoms with Crippen molar-refractivity contribution in [2.75, 3.05) is 20.2 Å². The number of aliphatic imine (C=N–C) groups is 1.